The summed E-state index contributed by atoms with van der Waals surface area (Å²) >= 11 is 0. The van der Waals surface area contributed by atoms with Crippen LogP contribution in [-0.4, -0.2) is 33.7 Å². The Kier molecular flexibility index (Phi) is 3.71. The molecule has 0 radical (unpaired) electrons. The molecule has 1 aliphatic rings. The van der Waals surface area contributed by atoms with Gasteiger partial charge in [0, 0.05) is 47.0 Å². The lowest BCUT2D eigenvalue weighted by Gasteiger charge is -2.32. The summed E-state index contributed by atoms with van der Waals surface area (Å²) in [6.07, 6.45) is 0. The van der Waals surface area contributed by atoms with Crippen molar-refractivity contribution >= 4 is 10.8 Å². The summed E-state index contributed by atoms with van der Waals surface area (Å²) in [5, 5.41) is 0. The Labute approximate surface area is 97.9 Å². The van der Waals surface area contributed by atoms with Crippen LogP contribution in [0.25, 0.3) is 0 Å². The Morgan fingerprint density at radius 2 is 1.94 bits per heavy atom. The van der Waals surface area contributed by atoms with Gasteiger partial charge in [-0.25, -0.2) is 4.39 Å². The van der Waals surface area contributed by atoms with Gasteiger partial charge in [0.2, 0.25) is 0 Å². The minimum absolute atomic E-state index is 0.0681. The van der Waals surface area contributed by atoms with E-state index in [0.717, 1.165) is 18.7 Å². The van der Waals surface area contributed by atoms with Gasteiger partial charge < -0.3 is 0 Å². The van der Waals surface area contributed by atoms with E-state index in [4.69, 9.17) is 0 Å². The van der Waals surface area contributed by atoms with Gasteiger partial charge >= 0.3 is 0 Å². The van der Waals surface area contributed by atoms with E-state index in [1.54, 1.807) is 6.07 Å². The van der Waals surface area contributed by atoms with Gasteiger partial charge in [-0.05, 0) is 13.0 Å². The molecule has 1 aliphatic heterocycles. The highest BCUT2D eigenvalue weighted by atomic mass is 32.2. The van der Waals surface area contributed by atoms with Gasteiger partial charge in [0.15, 0.2) is 0 Å². The van der Waals surface area contributed by atoms with Crippen LogP contribution in [-0.2, 0) is 10.8 Å². The minimum atomic E-state index is -0.675. The zero-order valence-corrected chi connectivity index (χ0v) is 10.2. The first-order valence-corrected chi connectivity index (χ1v) is 7.01. The van der Waals surface area contributed by atoms with E-state index in [0.29, 0.717) is 11.5 Å². The van der Waals surface area contributed by atoms with Crippen LogP contribution in [0.15, 0.2) is 24.3 Å². The van der Waals surface area contributed by atoms with Crippen molar-refractivity contribution in [3.05, 3.63) is 35.6 Å². The monoisotopic (exact) mass is 241 g/mol. The molecular weight excluding hydrogens is 225 g/mol. The maximum atomic E-state index is 13.6. The van der Waals surface area contributed by atoms with Gasteiger partial charge in [0.1, 0.15) is 5.82 Å². The molecular formula is C12H16FNOS. The highest BCUT2D eigenvalue weighted by Gasteiger charge is 2.22. The van der Waals surface area contributed by atoms with Crippen LogP contribution in [0.4, 0.5) is 4.39 Å². The summed E-state index contributed by atoms with van der Waals surface area (Å²) in [4.78, 5) is 2.19. The molecule has 0 amide bonds. The molecule has 1 aromatic rings. The fourth-order valence-electron chi connectivity index (χ4n) is 2.05. The van der Waals surface area contributed by atoms with E-state index in [1.165, 1.54) is 6.07 Å². The molecule has 0 saturated carbocycles. The summed E-state index contributed by atoms with van der Waals surface area (Å²) in [5.74, 6) is 1.26. The first-order valence-electron chi connectivity index (χ1n) is 5.52. The Morgan fingerprint density at radius 3 is 2.56 bits per heavy atom. The predicted molar refractivity (Wildman–Crippen MR) is 64.3 cm³/mol. The summed E-state index contributed by atoms with van der Waals surface area (Å²) in [7, 11) is -0.675. The third-order valence-electron chi connectivity index (χ3n) is 3.12. The Hall–Kier alpha value is -0.740. The molecule has 0 aromatic heterocycles. The molecule has 2 nitrogen and oxygen atoms in total. The zero-order valence-electron chi connectivity index (χ0n) is 9.36. The van der Waals surface area contributed by atoms with E-state index < -0.39 is 10.8 Å². The van der Waals surface area contributed by atoms with Gasteiger partial charge in [0.05, 0.1) is 0 Å². The van der Waals surface area contributed by atoms with Crippen molar-refractivity contribution in [3.63, 3.8) is 0 Å². The second kappa shape index (κ2) is 5.06. The van der Waals surface area contributed by atoms with Crippen molar-refractivity contribution in [2.45, 2.75) is 13.0 Å². The highest BCUT2D eigenvalue weighted by molar-refractivity contribution is 7.85. The molecule has 0 bridgehead atoms. The average molecular weight is 241 g/mol. The number of benzene rings is 1. The lowest BCUT2D eigenvalue weighted by molar-refractivity contribution is 0.227. The van der Waals surface area contributed by atoms with Crippen LogP contribution < -0.4 is 0 Å². The van der Waals surface area contributed by atoms with Crippen molar-refractivity contribution in [3.8, 4) is 0 Å². The van der Waals surface area contributed by atoms with Crippen LogP contribution in [0.5, 0.6) is 0 Å². The van der Waals surface area contributed by atoms with E-state index in [2.05, 4.69) is 4.90 Å². The molecule has 0 spiro atoms. The molecule has 1 fully saturated rings. The standard InChI is InChI=1S/C12H16FNOS/c1-10(11-4-2-3-5-12(11)13)14-6-8-16(15)9-7-14/h2-5,10H,6-9H2,1H3. The second-order valence-corrected chi connectivity index (χ2v) is 5.78. The minimum Gasteiger partial charge on any atom is -0.295 e. The number of hydrogen-bond donors (Lipinski definition) is 0. The number of nitrogens with zero attached hydrogens (tertiary/aromatic N) is 1. The smallest absolute Gasteiger partial charge is 0.127 e. The molecule has 1 heterocycles. The third kappa shape index (κ3) is 2.50. The van der Waals surface area contributed by atoms with Gasteiger partial charge in [-0.1, -0.05) is 18.2 Å². The van der Waals surface area contributed by atoms with Gasteiger partial charge in [-0.3, -0.25) is 9.11 Å². The van der Waals surface area contributed by atoms with Crippen molar-refractivity contribution < 1.29 is 8.60 Å². The van der Waals surface area contributed by atoms with Gasteiger partial charge in [-0.15, -0.1) is 0 Å². The summed E-state index contributed by atoms with van der Waals surface area (Å²) in [5.41, 5.74) is 0.732. The number of rotatable bonds is 2. The maximum Gasteiger partial charge on any atom is 0.127 e. The number of halogens is 1. The van der Waals surface area contributed by atoms with E-state index in [9.17, 15) is 8.60 Å². The average Bonchev–Trinajstić information content (AvgIpc) is 2.30. The Balaban J connectivity index is 2.10. The SMILES string of the molecule is CC(c1ccccc1F)N1CCS(=O)CC1. The van der Waals surface area contributed by atoms with Crippen molar-refractivity contribution in [1.82, 2.24) is 4.90 Å². The molecule has 0 aliphatic carbocycles. The first kappa shape index (κ1) is 11.7. The van der Waals surface area contributed by atoms with Crippen LogP contribution in [0, 0.1) is 5.82 Å². The van der Waals surface area contributed by atoms with Crippen LogP contribution >= 0.6 is 0 Å². The topological polar surface area (TPSA) is 20.3 Å². The second-order valence-electron chi connectivity index (χ2n) is 4.08. The predicted octanol–water partition coefficient (Wildman–Crippen LogP) is 1.95. The lowest BCUT2D eigenvalue weighted by atomic mass is 10.1. The zero-order chi connectivity index (χ0) is 11.5. The summed E-state index contributed by atoms with van der Waals surface area (Å²) in [6.45, 7) is 3.59. The Morgan fingerprint density at radius 1 is 1.31 bits per heavy atom. The summed E-state index contributed by atoms with van der Waals surface area (Å²) < 4.78 is 24.8. The Bertz CT molecular complexity index is 386. The molecule has 0 N–H and O–H groups in total. The quantitative estimate of drug-likeness (QED) is 0.789. The third-order valence-corrected chi connectivity index (χ3v) is 4.39. The fraction of sp³-hybridized carbons (Fsp3) is 0.500. The molecule has 1 unspecified atom stereocenters. The fourth-order valence-corrected chi connectivity index (χ4v) is 3.13. The highest BCUT2D eigenvalue weighted by Crippen LogP contribution is 2.23. The molecule has 88 valence electrons. The van der Waals surface area contributed by atoms with E-state index >= 15 is 0 Å². The van der Waals surface area contributed by atoms with E-state index in [1.807, 2.05) is 19.1 Å². The molecule has 16 heavy (non-hydrogen) atoms. The molecule has 1 saturated heterocycles. The molecule has 1 atom stereocenters. The van der Waals surface area contributed by atoms with Crippen molar-refractivity contribution in [2.24, 2.45) is 0 Å². The molecule has 1 aromatic carbocycles. The van der Waals surface area contributed by atoms with Crippen molar-refractivity contribution in [1.29, 1.82) is 0 Å². The summed E-state index contributed by atoms with van der Waals surface area (Å²) in [6, 6.07) is 6.95. The van der Waals surface area contributed by atoms with Crippen molar-refractivity contribution in [2.75, 3.05) is 24.6 Å². The largest absolute Gasteiger partial charge is 0.295 e. The lowest BCUT2D eigenvalue weighted by Crippen LogP contribution is -2.39. The van der Waals surface area contributed by atoms with Gasteiger partial charge in [0.25, 0.3) is 0 Å². The van der Waals surface area contributed by atoms with Crippen LogP contribution in [0.1, 0.15) is 18.5 Å². The van der Waals surface area contributed by atoms with Gasteiger partial charge in [-0.2, -0.15) is 0 Å². The first-order chi connectivity index (χ1) is 7.68. The maximum absolute atomic E-state index is 13.6. The number of hydrogen-bond acceptors (Lipinski definition) is 2. The molecule has 2 rings (SSSR count). The van der Waals surface area contributed by atoms with Crippen LogP contribution in [0.3, 0.4) is 0 Å². The van der Waals surface area contributed by atoms with Crippen LogP contribution in [0.2, 0.25) is 0 Å². The van der Waals surface area contributed by atoms with E-state index in [-0.39, 0.29) is 11.9 Å². The molecule has 4 heteroatoms. The normalized spacial score (nSPS) is 20.9.